The second-order valence-corrected chi connectivity index (χ2v) is 6.87. The van der Waals surface area contributed by atoms with E-state index in [0.717, 1.165) is 44.2 Å². The summed E-state index contributed by atoms with van der Waals surface area (Å²) in [5, 5.41) is 3.55. The Morgan fingerprint density at radius 2 is 1.80 bits per heavy atom. The van der Waals surface area contributed by atoms with Crippen LogP contribution in [0.1, 0.15) is 32.0 Å². The van der Waals surface area contributed by atoms with E-state index < -0.39 is 0 Å². The van der Waals surface area contributed by atoms with Crippen LogP contribution in [0.3, 0.4) is 0 Å². The van der Waals surface area contributed by atoms with Crippen LogP contribution in [0.5, 0.6) is 0 Å². The van der Waals surface area contributed by atoms with Crippen LogP contribution < -0.4 is 10.2 Å². The first-order chi connectivity index (χ1) is 9.33. The molecule has 2 rings (SSSR count). The van der Waals surface area contributed by atoms with Crippen LogP contribution >= 0.6 is 0 Å². The maximum absolute atomic E-state index is 4.71. The van der Waals surface area contributed by atoms with E-state index in [-0.39, 0.29) is 5.54 Å². The van der Waals surface area contributed by atoms with Gasteiger partial charge in [0.15, 0.2) is 0 Å². The van der Waals surface area contributed by atoms with Gasteiger partial charge in [-0.2, -0.15) is 0 Å². The van der Waals surface area contributed by atoms with Crippen molar-refractivity contribution in [1.82, 2.24) is 15.2 Å². The molecule has 0 unspecified atom stereocenters. The molecule has 4 nitrogen and oxygen atoms in total. The van der Waals surface area contributed by atoms with Gasteiger partial charge in [-0.3, -0.25) is 0 Å². The van der Waals surface area contributed by atoms with E-state index in [4.69, 9.17) is 4.98 Å². The molecule has 1 aliphatic heterocycles. The van der Waals surface area contributed by atoms with Gasteiger partial charge in [-0.25, -0.2) is 4.98 Å². The van der Waals surface area contributed by atoms with E-state index in [1.807, 2.05) is 0 Å². The molecule has 112 valence electrons. The van der Waals surface area contributed by atoms with E-state index in [1.165, 1.54) is 5.56 Å². The minimum absolute atomic E-state index is 0.144. The second-order valence-electron chi connectivity index (χ2n) is 6.87. The Morgan fingerprint density at radius 1 is 1.15 bits per heavy atom. The number of nitrogens with one attached hydrogen (secondary N) is 1. The predicted molar refractivity (Wildman–Crippen MR) is 85.3 cm³/mol. The zero-order valence-electron chi connectivity index (χ0n) is 13.5. The summed E-state index contributed by atoms with van der Waals surface area (Å²) in [4.78, 5) is 9.47. The lowest BCUT2D eigenvalue weighted by Gasteiger charge is -2.33. The summed E-state index contributed by atoms with van der Waals surface area (Å²) in [6.45, 7) is 13.9. The minimum atomic E-state index is 0.144. The molecule has 0 spiro atoms. The molecule has 0 amide bonds. The molecule has 2 heterocycles. The molecule has 1 aliphatic rings. The molecule has 0 radical (unpaired) electrons. The first-order valence-electron chi connectivity index (χ1n) is 7.49. The summed E-state index contributed by atoms with van der Waals surface area (Å²) >= 11 is 0. The van der Waals surface area contributed by atoms with Gasteiger partial charge in [0.25, 0.3) is 0 Å². The fourth-order valence-electron chi connectivity index (χ4n) is 2.39. The first-order valence-corrected chi connectivity index (χ1v) is 7.49. The Bertz CT molecular complexity index is 442. The summed E-state index contributed by atoms with van der Waals surface area (Å²) in [7, 11) is 2.18. The fraction of sp³-hybridized carbons (Fsp3) is 0.688. The highest BCUT2D eigenvalue weighted by Crippen LogP contribution is 2.17. The Labute approximate surface area is 123 Å². The van der Waals surface area contributed by atoms with Crippen LogP contribution in [0.4, 0.5) is 5.82 Å². The summed E-state index contributed by atoms with van der Waals surface area (Å²) < 4.78 is 0. The maximum Gasteiger partial charge on any atom is 0.129 e. The molecule has 0 aliphatic carbocycles. The fourth-order valence-corrected chi connectivity index (χ4v) is 2.39. The van der Waals surface area contributed by atoms with Gasteiger partial charge in [0.05, 0.1) is 0 Å². The minimum Gasteiger partial charge on any atom is -0.354 e. The summed E-state index contributed by atoms with van der Waals surface area (Å²) in [5.41, 5.74) is 2.57. The number of hydrogen-bond acceptors (Lipinski definition) is 4. The topological polar surface area (TPSA) is 31.4 Å². The van der Waals surface area contributed by atoms with Crippen molar-refractivity contribution in [2.45, 2.75) is 39.8 Å². The van der Waals surface area contributed by atoms with Gasteiger partial charge in [0, 0.05) is 44.0 Å². The first kappa shape index (κ1) is 15.3. The van der Waals surface area contributed by atoms with Gasteiger partial charge >= 0.3 is 0 Å². The Balaban J connectivity index is 2.08. The number of nitrogens with zero attached hydrogens (tertiary/aromatic N) is 3. The van der Waals surface area contributed by atoms with Crippen molar-refractivity contribution in [3.8, 4) is 0 Å². The molecule has 20 heavy (non-hydrogen) atoms. The standard InChI is InChI=1S/C16H28N4/c1-13-10-14(12-17-16(2,3)4)11-15(18-13)20-8-6-19(5)7-9-20/h10-11,17H,6-9,12H2,1-5H3. The number of piperazine rings is 1. The molecular weight excluding hydrogens is 248 g/mol. The molecule has 0 atom stereocenters. The molecule has 1 N–H and O–H groups in total. The average Bonchev–Trinajstić information content (AvgIpc) is 2.36. The quantitative estimate of drug-likeness (QED) is 0.915. The van der Waals surface area contributed by atoms with Gasteiger partial charge < -0.3 is 15.1 Å². The number of anilines is 1. The third kappa shape index (κ3) is 4.46. The van der Waals surface area contributed by atoms with Crippen LogP contribution in [-0.4, -0.2) is 48.6 Å². The molecule has 0 aromatic carbocycles. The zero-order chi connectivity index (χ0) is 14.8. The van der Waals surface area contributed by atoms with Crippen LogP contribution in [0.15, 0.2) is 12.1 Å². The average molecular weight is 276 g/mol. The lowest BCUT2D eigenvalue weighted by atomic mass is 10.1. The van der Waals surface area contributed by atoms with Crippen molar-refractivity contribution < 1.29 is 0 Å². The largest absolute Gasteiger partial charge is 0.354 e. The van der Waals surface area contributed by atoms with E-state index in [9.17, 15) is 0 Å². The highest BCUT2D eigenvalue weighted by atomic mass is 15.3. The second kappa shape index (κ2) is 6.10. The van der Waals surface area contributed by atoms with E-state index in [2.05, 4.69) is 62.0 Å². The summed E-state index contributed by atoms with van der Waals surface area (Å²) in [6, 6.07) is 4.41. The molecule has 1 aromatic rings. The highest BCUT2D eigenvalue weighted by molar-refractivity contribution is 5.43. The number of pyridine rings is 1. The monoisotopic (exact) mass is 276 g/mol. The lowest BCUT2D eigenvalue weighted by Crippen LogP contribution is -2.45. The van der Waals surface area contributed by atoms with Gasteiger partial charge in [0.2, 0.25) is 0 Å². The molecule has 1 fully saturated rings. The predicted octanol–water partition coefficient (Wildman–Crippen LogP) is 2.03. The lowest BCUT2D eigenvalue weighted by molar-refractivity contribution is 0.312. The van der Waals surface area contributed by atoms with Gasteiger partial charge in [-0.05, 0) is 52.4 Å². The Morgan fingerprint density at radius 3 is 2.40 bits per heavy atom. The summed E-state index contributed by atoms with van der Waals surface area (Å²) in [5.74, 6) is 1.13. The number of rotatable bonds is 3. The number of hydrogen-bond donors (Lipinski definition) is 1. The van der Waals surface area contributed by atoms with Gasteiger partial charge in [-0.15, -0.1) is 0 Å². The molecular formula is C16H28N4. The highest BCUT2D eigenvalue weighted by Gasteiger charge is 2.16. The number of likely N-dealkylation sites (N-methyl/N-ethyl adjacent to an activating group) is 1. The third-order valence-corrected chi connectivity index (χ3v) is 3.65. The molecule has 4 heteroatoms. The zero-order valence-corrected chi connectivity index (χ0v) is 13.5. The normalized spacial score (nSPS) is 17.6. The third-order valence-electron chi connectivity index (χ3n) is 3.65. The molecule has 1 saturated heterocycles. The van der Waals surface area contributed by atoms with Crippen molar-refractivity contribution in [3.63, 3.8) is 0 Å². The van der Waals surface area contributed by atoms with E-state index in [1.54, 1.807) is 0 Å². The molecule has 0 saturated carbocycles. The van der Waals surface area contributed by atoms with Gasteiger partial charge in [0.1, 0.15) is 5.82 Å². The van der Waals surface area contributed by atoms with Crippen LogP contribution in [0, 0.1) is 6.92 Å². The molecule has 1 aromatic heterocycles. The molecule has 0 bridgehead atoms. The SMILES string of the molecule is Cc1cc(CNC(C)(C)C)cc(N2CCN(C)CC2)n1. The smallest absolute Gasteiger partial charge is 0.129 e. The summed E-state index contributed by atoms with van der Waals surface area (Å²) in [6.07, 6.45) is 0. The van der Waals surface area contributed by atoms with E-state index >= 15 is 0 Å². The van der Waals surface area contributed by atoms with Crippen LogP contribution in [0.25, 0.3) is 0 Å². The maximum atomic E-state index is 4.71. The Hall–Kier alpha value is -1.13. The number of aryl methyl sites for hydroxylation is 1. The van der Waals surface area contributed by atoms with Crippen molar-refractivity contribution >= 4 is 5.82 Å². The van der Waals surface area contributed by atoms with Crippen LogP contribution in [0.2, 0.25) is 0 Å². The van der Waals surface area contributed by atoms with Crippen molar-refractivity contribution in [3.05, 3.63) is 23.4 Å². The number of aromatic nitrogens is 1. The Kier molecular flexibility index (Phi) is 4.66. The van der Waals surface area contributed by atoms with Crippen molar-refractivity contribution in [2.24, 2.45) is 0 Å². The van der Waals surface area contributed by atoms with Gasteiger partial charge in [-0.1, -0.05) is 0 Å². The van der Waals surface area contributed by atoms with Crippen molar-refractivity contribution in [2.75, 3.05) is 38.1 Å². The van der Waals surface area contributed by atoms with E-state index in [0.29, 0.717) is 0 Å². The van der Waals surface area contributed by atoms with Crippen molar-refractivity contribution in [1.29, 1.82) is 0 Å². The van der Waals surface area contributed by atoms with Crippen LogP contribution in [-0.2, 0) is 6.54 Å².